The number of benzene rings is 2. The highest BCUT2D eigenvalue weighted by Gasteiger charge is 2.20. The third-order valence-electron chi connectivity index (χ3n) is 5.70. The zero-order chi connectivity index (χ0) is 22.5. The number of ether oxygens (including phenoxy) is 1. The van der Waals surface area contributed by atoms with Gasteiger partial charge in [-0.1, -0.05) is 49.6 Å². The predicted molar refractivity (Wildman–Crippen MR) is 125 cm³/mol. The van der Waals surface area contributed by atoms with Crippen molar-refractivity contribution in [1.29, 1.82) is 0 Å². The van der Waals surface area contributed by atoms with Crippen LogP contribution in [0, 0.1) is 10.1 Å². The molecule has 8 nitrogen and oxygen atoms in total. The number of hydrogen-bond donors (Lipinski definition) is 1. The number of aromatic nitrogens is 2. The first-order valence-electron chi connectivity index (χ1n) is 10.8. The molecule has 0 spiro atoms. The van der Waals surface area contributed by atoms with Gasteiger partial charge in [0.05, 0.1) is 34.5 Å². The Morgan fingerprint density at radius 3 is 2.69 bits per heavy atom. The van der Waals surface area contributed by atoms with E-state index in [4.69, 9.17) is 4.74 Å². The maximum atomic E-state index is 12.6. The first-order valence-corrected chi connectivity index (χ1v) is 11.8. The molecule has 0 bridgehead atoms. The second kappa shape index (κ2) is 10.0. The Labute approximate surface area is 190 Å². The largest absolute Gasteiger partial charge is 0.495 e. The highest BCUT2D eigenvalue weighted by atomic mass is 32.2. The molecule has 2 aromatic carbocycles. The molecule has 0 radical (unpaired) electrons. The minimum Gasteiger partial charge on any atom is -0.495 e. The minimum atomic E-state index is -0.436. The number of imidazole rings is 1. The van der Waals surface area contributed by atoms with Gasteiger partial charge >= 0.3 is 0 Å². The quantitative estimate of drug-likeness (QED) is 0.237. The summed E-state index contributed by atoms with van der Waals surface area (Å²) in [5.41, 5.74) is 1.95. The molecule has 9 heteroatoms. The van der Waals surface area contributed by atoms with Crippen LogP contribution in [0.4, 0.5) is 5.69 Å². The number of nitrogens with one attached hydrogen (secondary N) is 1. The Kier molecular flexibility index (Phi) is 6.94. The first kappa shape index (κ1) is 22.1. The number of hydrogen-bond acceptors (Lipinski definition) is 6. The van der Waals surface area contributed by atoms with Crippen LogP contribution in [0.25, 0.3) is 16.7 Å². The molecule has 1 heterocycles. The summed E-state index contributed by atoms with van der Waals surface area (Å²) in [7, 11) is 1.59. The fourth-order valence-corrected chi connectivity index (χ4v) is 4.96. The zero-order valence-electron chi connectivity index (χ0n) is 18.0. The monoisotopic (exact) mass is 454 g/mol. The molecule has 1 amide bonds. The highest BCUT2D eigenvalue weighted by Crippen LogP contribution is 2.33. The molecule has 1 aromatic heterocycles. The summed E-state index contributed by atoms with van der Waals surface area (Å²) >= 11 is 1.32. The van der Waals surface area contributed by atoms with E-state index in [0.717, 1.165) is 31.4 Å². The Morgan fingerprint density at radius 2 is 1.97 bits per heavy atom. The zero-order valence-corrected chi connectivity index (χ0v) is 18.8. The van der Waals surface area contributed by atoms with Crippen molar-refractivity contribution >= 4 is 34.4 Å². The molecular weight excluding hydrogens is 428 g/mol. The summed E-state index contributed by atoms with van der Waals surface area (Å²) in [6.45, 7) is 0. The molecule has 0 unspecified atom stereocenters. The van der Waals surface area contributed by atoms with Crippen molar-refractivity contribution in [2.45, 2.75) is 49.7 Å². The van der Waals surface area contributed by atoms with Crippen LogP contribution in [-0.2, 0) is 4.79 Å². The molecule has 1 saturated carbocycles. The molecular formula is C23H26N4O4S. The summed E-state index contributed by atoms with van der Waals surface area (Å²) in [5.74, 6) is 0.846. The number of para-hydroxylation sites is 2. The van der Waals surface area contributed by atoms with Crippen LogP contribution in [0.15, 0.2) is 47.6 Å². The lowest BCUT2D eigenvalue weighted by molar-refractivity contribution is -0.384. The van der Waals surface area contributed by atoms with Gasteiger partial charge in [0.1, 0.15) is 5.75 Å². The number of fused-ring (bicyclic) bond motifs is 1. The van der Waals surface area contributed by atoms with Gasteiger partial charge in [0, 0.05) is 18.2 Å². The van der Waals surface area contributed by atoms with Crippen LogP contribution in [0.3, 0.4) is 0 Å². The number of carbonyl (C=O) groups is 1. The molecule has 0 atom stereocenters. The second-order valence-electron chi connectivity index (χ2n) is 7.88. The molecule has 0 saturated heterocycles. The van der Waals surface area contributed by atoms with Crippen molar-refractivity contribution in [3.05, 3.63) is 52.6 Å². The van der Waals surface area contributed by atoms with Crippen LogP contribution in [0.1, 0.15) is 38.5 Å². The number of nitro groups is 1. The lowest BCUT2D eigenvalue weighted by Gasteiger charge is -2.16. The molecule has 0 aliphatic heterocycles. The van der Waals surface area contributed by atoms with E-state index in [9.17, 15) is 14.9 Å². The van der Waals surface area contributed by atoms with Crippen LogP contribution >= 0.6 is 11.8 Å². The lowest BCUT2D eigenvalue weighted by atomic mass is 10.1. The van der Waals surface area contributed by atoms with Gasteiger partial charge in [-0.2, -0.15) is 0 Å². The third-order valence-corrected chi connectivity index (χ3v) is 6.64. The van der Waals surface area contributed by atoms with Crippen LogP contribution in [0.5, 0.6) is 5.75 Å². The molecule has 1 N–H and O–H groups in total. The summed E-state index contributed by atoms with van der Waals surface area (Å²) in [5, 5.41) is 15.0. The normalized spacial score (nSPS) is 14.8. The Morgan fingerprint density at radius 1 is 1.22 bits per heavy atom. The van der Waals surface area contributed by atoms with Crippen LogP contribution in [-0.4, -0.2) is 39.3 Å². The third kappa shape index (κ3) is 4.88. The number of non-ortho nitro benzene ring substituents is 1. The summed E-state index contributed by atoms with van der Waals surface area (Å²) in [4.78, 5) is 28.1. The molecule has 4 rings (SSSR count). The topological polar surface area (TPSA) is 99.3 Å². The van der Waals surface area contributed by atoms with E-state index in [0.29, 0.717) is 21.9 Å². The molecule has 1 aliphatic carbocycles. The molecule has 1 fully saturated rings. The fourth-order valence-electron chi connectivity index (χ4n) is 4.13. The molecule has 1 aliphatic rings. The first-order chi connectivity index (χ1) is 15.6. The maximum Gasteiger partial charge on any atom is 0.271 e. The van der Waals surface area contributed by atoms with E-state index in [-0.39, 0.29) is 23.4 Å². The lowest BCUT2D eigenvalue weighted by Crippen LogP contribution is -2.35. The number of carbonyl (C=O) groups excluding carboxylic acids is 1. The summed E-state index contributed by atoms with van der Waals surface area (Å²) in [6.07, 6.45) is 6.83. The smallest absolute Gasteiger partial charge is 0.271 e. The van der Waals surface area contributed by atoms with Gasteiger partial charge in [0.15, 0.2) is 5.16 Å². The highest BCUT2D eigenvalue weighted by molar-refractivity contribution is 7.99. The second-order valence-corrected chi connectivity index (χ2v) is 8.82. The van der Waals surface area contributed by atoms with E-state index in [2.05, 4.69) is 10.3 Å². The van der Waals surface area contributed by atoms with E-state index in [1.54, 1.807) is 13.2 Å². The minimum absolute atomic E-state index is 0.0217. The maximum absolute atomic E-state index is 12.6. The standard InChI is InChI=1S/C23H26N4O4S/c1-31-21-11-7-6-10-20(21)26-19-13-12-17(27(29)30)14-18(19)25-23(26)32-15-22(28)24-16-8-4-2-3-5-9-16/h6-7,10-14,16H,2-5,8-9,15H2,1H3,(H,24,28). The Hall–Kier alpha value is -3.07. The number of thioether (sulfide) groups is 1. The van der Waals surface area contributed by atoms with Gasteiger partial charge in [-0.3, -0.25) is 19.5 Å². The van der Waals surface area contributed by atoms with Gasteiger partial charge in [0.2, 0.25) is 5.91 Å². The van der Waals surface area contributed by atoms with Crippen molar-refractivity contribution in [2.24, 2.45) is 0 Å². The average Bonchev–Trinajstić information content (AvgIpc) is 2.96. The number of rotatable bonds is 7. The van der Waals surface area contributed by atoms with E-state index in [1.165, 1.54) is 36.7 Å². The number of amides is 1. The van der Waals surface area contributed by atoms with Gasteiger partial charge in [-0.25, -0.2) is 4.98 Å². The number of nitrogens with zero attached hydrogens (tertiary/aromatic N) is 3. The van der Waals surface area contributed by atoms with E-state index >= 15 is 0 Å². The Bertz CT molecular complexity index is 1120. The van der Waals surface area contributed by atoms with E-state index in [1.807, 2.05) is 28.8 Å². The fraction of sp³-hybridized carbons (Fsp3) is 0.391. The van der Waals surface area contributed by atoms with Crippen molar-refractivity contribution in [3.8, 4) is 11.4 Å². The predicted octanol–water partition coefficient (Wildman–Crippen LogP) is 4.87. The van der Waals surface area contributed by atoms with Crippen molar-refractivity contribution < 1.29 is 14.5 Å². The van der Waals surface area contributed by atoms with Gasteiger partial charge in [0.25, 0.3) is 5.69 Å². The Balaban J connectivity index is 1.63. The summed E-state index contributed by atoms with van der Waals surface area (Å²) in [6, 6.07) is 12.3. The molecule has 168 valence electrons. The summed E-state index contributed by atoms with van der Waals surface area (Å²) < 4.78 is 7.42. The number of methoxy groups -OCH3 is 1. The average molecular weight is 455 g/mol. The SMILES string of the molecule is COc1ccccc1-n1c(SCC(=O)NC2CCCCCC2)nc2cc([N+](=O)[O-])ccc21. The molecule has 32 heavy (non-hydrogen) atoms. The van der Waals surface area contributed by atoms with Crippen molar-refractivity contribution in [3.63, 3.8) is 0 Å². The van der Waals surface area contributed by atoms with Crippen molar-refractivity contribution in [2.75, 3.05) is 12.9 Å². The van der Waals surface area contributed by atoms with Crippen LogP contribution < -0.4 is 10.1 Å². The van der Waals surface area contributed by atoms with Gasteiger partial charge < -0.3 is 10.1 Å². The molecule has 3 aromatic rings. The van der Waals surface area contributed by atoms with Crippen molar-refractivity contribution in [1.82, 2.24) is 14.9 Å². The van der Waals surface area contributed by atoms with Gasteiger partial charge in [-0.05, 0) is 31.0 Å². The van der Waals surface area contributed by atoms with E-state index < -0.39 is 4.92 Å². The van der Waals surface area contributed by atoms with Gasteiger partial charge in [-0.15, -0.1) is 0 Å². The van der Waals surface area contributed by atoms with Crippen LogP contribution in [0.2, 0.25) is 0 Å². The number of nitro benzene ring substituents is 1.